The van der Waals surface area contributed by atoms with Crippen molar-refractivity contribution in [1.29, 1.82) is 0 Å². The first-order chi connectivity index (χ1) is 11.5. The molecule has 4 nitrogen and oxygen atoms in total. The third-order valence-corrected chi connectivity index (χ3v) is 3.95. The number of hydrogen-bond donors (Lipinski definition) is 2. The number of rotatable bonds is 7. The molecule has 2 amide bonds. The maximum absolute atomic E-state index is 11.9. The van der Waals surface area contributed by atoms with Crippen molar-refractivity contribution in [2.24, 2.45) is 0 Å². The summed E-state index contributed by atoms with van der Waals surface area (Å²) >= 11 is 0. The molecular formula is C20H24N2O2. The Kier molecular flexibility index (Phi) is 6.55. The van der Waals surface area contributed by atoms with Crippen molar-refractivity contribution >= 4 is 17.5 Å². The summed E-state index contributed by atoms with van der Waals surface area (Å²) in [6, 6.07) is 15.8. The van der Waals surface area contributed by atoms with Gasteiger partial charge >= 0.3 is 0 Å². The minimum atomic E-state index is -0.142. The van der Waals surface area contributed by atoms with Crippen LogP contribution >= 0.6 is 0 Å². The summed E-state index contributed by atoms with van der Waals surface area (Å²) in [6.07, 6.45) is 1.18. The minimum absolute atomic E-state index is 0.0961. The molecule has 2 aromatic rings. The normalized spacial score (nSPS) is 10.2. The van der Waals surface area contributed by atoms with Gasteiger partial charge in [0.25, 0.3) is 0 Å². The topological polar surface area (TPSA) is 58.2 Å². The first kappa shape index (κ1) is 17.7. The van der Waals surface area contributed by atoms with Crippen LogP contribution in [0.3, 0.4) is 0 Å². The van der Waals surface area contributed by atoms with Crippen LogP contribution in [0.2, 0.25) is 0 Å². The van der Waals surface area contributed by atoms with Crippen LogP contribution in [-0.4, -0.2) is 18.4 Å². The third-order valence-electron chi connectivity index (χ3n) is 3.95. The van der Waals surface area contributed by atoms with E-state index in [1.807, 2.05) is 62.4 Å². The van der Waals surface area contributed by atoms with Gasteiger partial charge < -0.3 is 10.6 Å². The predicted molar refractivity (Wildman–Crippen MR) is 96.9 cm³/mol. The summed E-state index contributed by atoms with van der Waals surface area (Å²) in [4.78, 5) is 23.7. The molecule has 0 aliphatic rings. The summed E-state index contributed by atoms with van der Waals surface area (Å²) in [6.45, 7) is 4.62. The van der Waals surface area contributed by atoms with Crippen LogP contribution in [0.4, 0.5) is 5.69 Å². The van der Waals surface area contributed by atoms with Gasteiger partial charge in [0.15, 0.2) is 0 Å². The highest BCUT2D eigenvalue weighted by Gasteiger charge is 2.07. The highest BCUT2D eigenvalue weighted by atomic mass is 16.2. The molecule has 2 N–H and O–H groups in total. The Morgan fingerprint density at radius 2 is 1.58 bits per heavy atom. The fourth-order valence-electron chi connectivity index (χ4n) is 2.35. The molecule has 4 heteroatoms. The molecule has 0 radical (unpaired) electrons. The van der Waals surface area contributed by atoms with E-state index in [0.29, 0.717) is 6.54 Å². The lowest BCUT2D eigenvalue weighted by Crippen LogP contribution is -2.26. The fourth-order valence-corrected chi connectivity index (χ4v) is 2.35. The van der Waals surface area contributed by atoms with E-state index in [2.05, 4.69) is 10.6 Å². The standard InChI is InChI=1S/C20H24N2O2/c1-15-8-9-18(14-16(15)2)22-20(24)11-10-19(23)21-13-12-17-6-4-3-5-7-17/h3-9,14H,10-13H2,1-2H3,(H,21,23)(H,22,24). The summed E-state index contributed by atoms with van der Waals surface area (Å²) in [5, 5.41) is 5.68. The summed E-state index contributed by atoms with van der Waals surface area (Å²) in [5.74, 6) is -0.238. The van der Waals surface area contributed by atoms with Gasteiger partial charge in [-0.25, -0.2) is 0 Å². The van der Waals surface area contributed by atoms with Crippen molar-refractivity contribution in [2.45, 2.75) is 33.1 Å². The molecule has 0 atom stereocenters. The van der Waals surface area contributed by atoms with Gasteiger partial charge in [0, 0.05) is 25.1 Å². The molecule has 2 rings (SSSR count). The molecule has 126 valence electrons. The van der Waals surface area contributed by atoms with Gasteiger partial charge in [-0.2, -0.15) is 0 Å². The average molecular weight is 324 g/mol. The van der Waals surface area contributed by atoms with E-state index >= 15 is 0 Å². The zero-order valence-corrected chi connectivity index (χ0v) is 14.3. The number of carbonyl (C=O) groups is 2. The molecular weight excluding hydrogens is 300 g/mol. The van der Waals surface area contributed by atoms with Crippen molar-refractivity contribution < 1.29 is 9.59 Å². The molecule has 0 saturated carbocycles. The zero-order valence-electron chi connectivity index (χ0n) is 14.3. The summed E-state index contributed by atoms with van der Waals surface area (Å²) in [7, 11) is 0. The summed E-state index contributed by atoms with van der Waals surface area (Å²) < 4.78 is 0. The highest BCUT2D eigenvalue weighted by Crippen LogP contribution is 2.14. The Bertz CT molecular complexity index is 696. The summed E-state index contributed by atoms with van der Waals surface area (Å²) in [5.41, 5.74) is 4.27. The second kappa shape index (κ2) is 8.87. The molecule has 0 heterocycles. The van der Waals surface area contributed by atoms with Gasteiger partial charge in [-0.05, 0) is 49.1 Å². The van der Waals surface area contributed by atoms with Crippen molar-refractivity contribution in [2.75, 3.05) is 11.9 Å². The quantitative estimate of drug-likeness (QED) is 0.820. The van der Waals surface area contributed by atoms with Gasteiger partial charge in [-0.3, -0.25) is 9.59 Å². The number of aryl methyl sites for hydroxylation is 2. The molecule has 0 saturated heterocycles. The maximum atomic E-state index is 11.9. The Morgan fingerprint density at radius 3 is 2.29 bits per heavy atom. The lowest BCUT2D eigenvalue weighted by molar-refractivity contribution is -0.124. The van der Waals surface area contributed by atoms with E-state index in [4.69, 9.17) is 0 Å². The van der Waals surface area contributed by atoms with Crippen LogP contribution in [0.1, 0.15) is 29.5 Å². The number of nitrogens with one attached hydrogen (secondary N) is 2. The van der Waals surface area contributed by atoms with E-state index in [0.717, 1.165) is 17.7 Å². The minimum Gasteiger partial charge on any atom is -0.356 e. The molecule has 0 fully saturated rings. The maximum Gasteiger partial charge on any atom is 0.224 e. The van der Waals surface area contributed by atoms with Crippen molar-refractivity contribution in [3.8, 4) is 0 Å². The SMILES string of the molecule is Cc1ccc(NC(=O)CCC(=O)NCCc2ccccc2)cc1C. The number of anilines is 1. The molecule has 24 heavy (non-hydrogen) atoms. The second-order valence-electron chi connectivity index (χ2n) is 5.93. The first-order valence-corrected chi connectivity index (χ1v) is 8.22. The first-order valence-electron chi connectivity index (χ1n) is 8.22. The highest BCUT2D eigenvalue weighted by molar-refractivity contribution is 5.93. The van der Waals surface area contributed by atoms with Crippen LogP contribution in [0.5, 0.6) is 0 Å². The zero-order chi connectivity index (χ0) is 17.4. The van der Waals surface area contributed by atoms with E-state index in [1.54, 1.807) is 0 Å². The van der Waals surface area contributed by atoms with Gasteiger partial charge in [0.05, 0.1) is 0 Å². The smallest absolute Gasteiger partial charge is 0.224 e. The number of carbonyl (C=O) groups excluding carboxylic acids is 2. The Morgan fingerprint density at radius 1 is 0.875 bits per heavy atom. The molecule has 2 aromatic carbocycles. The van der Waals surface area contributed by atoms with E-state index in [-0.39, 0.29) is 24.7 Å². The van der Waals surface area contributed by atoms with Gasteiger partial charge in [0.1, 0.15) is 0 Å². The Hall–Kier alpha value is -2.62. The monoisotopic (exact) mass is 324 g/mol. The Labute approximate surface area is 143 Å². The molecule has 0 unspecified atom stereocenters. The number of hydrogen-bond acceptors (Lipinski definition) is 2. The van der Waals surface area contributed by atoms with Crippen molar-refractivity contribution in [3.63, 3.8) is 0 Å². The van der Waals surface area contributed by atoms with Crippen LogP contribution in [0.25, 0.3) is 0 Å². The van der Waals surface area contributed by atoms with E-state index in [9.17, 15) is 9.59 Å². The number of amides is 2. The van der Waals surface area contributed by atoms with Crippen LogP contribution < -0.4 is 10.6 Å². The molecule has 0 bridgehead atoms. The molecule has 0 spiro atoms. The van der Waals surface area contributed by atoms with Crippen LogP contribution in [-0.2, 0) is 16.0 Å². The molecule has 0 aliphatic heterocycles. The largest absolute Gasteiger partial charge is 0.356 e. The third kappa shape index (κ3) is 5.88. The van der Waals surface area contributed by atoms with Gasteiger partial charge in [0.2, 0.25) is 11.8 Å². The molecule has 0 aromatic heterocycles. The van der Waals surface area contributed by atoms with Crippen molar-refractivity contribution in [3.05, 3.63) is 65.2 Å². The van der Waals surface area contributed by atoms with E-state index in [1.165, 1.54) is 11.1 Å². The predicted octanol–water partition coefficient (Wildman–Crippen LogP) is 3.38. The van der Waals surface area contributed by atoms with Crippen LogP contribution in [0.15, 0.2) is 48.5 Å². The lowest BCUT2D eigenvalue weighted by Gasteiger charge is -2.08. The van der Waals surface area contributed by atoms with Gasteiger partial charge in [-0.1, -0.05) is 36.4 Å². The lowest BCUT2D eigenvalue weighted by atomic mass is 10.1. The number of benzene rings is 2. The van der Waals surface area contributed by atoms with E-state index < -0.39 is 0 Å². The Balaban J connectivity index is 1.67. The second-order valence-corrected chi connectivity index (χ2v) is 5.93. The average Bonchev–Trinajstić information content (AvgIpc) is 2.57. The van der Waals surface area contributed by atoms with Gasteiger partial charge in [-0.15, -0.1) is 0 Å². The fraction of sp³-hybridized carbons (Fsp3) is 0.300. The van der Waals surface area contributed by atoms with Crippen molar-refractivity contribution in [1.82, 2.24) is 5.32 Å². The molecule has 0 aliphatic carbocycles. The van der Waals surface area contributed by atoms with Crippen LogP contribution in [0, 0.1) is 13.8 Å².